The van der Waals surface area contributed by atoms with Crippen LogP contribution in [0.15, 0.2) is 0 Å². The number of nitrogens with zero attached hydrogens (tertiary/aromatic N) is 1. The summed E-state index contributed by atoms with van der Waals surface area (Å²) in [5.41, 5.74) is 0. The van der Waals surface area contributed by atoms with E-state index in [9.17, 15) is 9.90 Å². The van der Waals surface area contributed by atoms with Gasteiger partial charge in [0.05, 0.1) is 6.10 Å². The van der Waals surface area contributed by atoms with Crippen molar-refractivity contribution < 1.29 is 14.6 Å². The molecule has 2 heterocycles. The van der Waals surface area contributed by atoms with Crippen molar-refractivity contribution in [3.8, 4) is 0 Å². The Labute approximate surface area is 115 Å². The molecule has 17 heavy (non-hydrogen) atoms. The van der Waals surface area contributed by atoms with Crippen LogP contribution in [0.25, 0.3) is 0 Å². The minimum Gasteiger partial charge on any atom is -0.445 e. The molecule has 0 radical (unpaired) electrons. The lowest BCUT2D eigenvalue weighted by atomic mass is 10.0. The van der Waals surface area contributed by atoms with Gasteiger partial charge in [-0.05, 0) is 25.7 Å². The van der Waals surface area contributed by atoms with Crippen molar-refractivity contribution in [2.75, 3.05) is 6.61 Å². The number of aliphatic hydroxyl groups excluding tert-OH is 1. The fourth-order valence-corrected chi connectivity index (χ4v) is 2.83. The summed E-state index contributed by atoms with van der Waals surface area (Å²) in [5, 5.41) is 9.61. The van der Waals surface area contributed by atoms with Gasteiger partial charge >= 0.3 is 6.09 Å². The molecule has 1 N–H and O–H groups in total. The van der Waals surface area contributed by atoms with Gasteiger partial charge in [0.1, 0.15) is 6.61 Å². The average molecular weight is 303 g/mol. The van der Waals surface area contributed by atoms with Gasteiger partial charge in [0.15, 0.2) is 0 Å². The number of piperidine rings is 1. The van der Waals surface area contributed by atoms with Gasteiger partial charge in [0.2, 0.25) is 3.79 Å². The number of halogens is 3. The maximum atomic E-state index is 11.9. The lowest BCUT2D eigenvalue weighted by molar-refractivity contribution is 0.0252. The molecule has 2 aliphatic rings. The Balaban J connectivity index is 1.92. The van der Waals surface area contributed by atoms with Crippen molar-refractivity contribution in [3.05, 3.63) is 0 Å². The zero-order valence-corrected chi connectivity index (χ0v) is 11.4. The van der Waals surface area contributed by atoms with Gasteiger partial charge in [0, 0.05) is 12.1 Å². The summed E-state index contributed by atoms with van der Waals surface area (Å²) in [7, 11) is 0. The molecule has 1 amide bonds. The molecule has 0 aromatic heterocycles. The van der Waals surface area contributed by atoms with Crippen molar-refractivity contribution >= 4 is 40.9 Å². The molecule has 2 bridgehead atoms. The average Bonchev–Trinajstić information content (AvgIpc) is 2.47. The predicted octanol–water partition coefficient (Wildman–Crippen LogP) is 2.48. The molecule has 0 unspecified atom stereocenters. The third-order valence-electron chi connectivity index (χ3n) is 3.28. The number of aliphatic hydroxyl groups is 1. The lowest BCUT2D eigenvalue weighted by Gasteiger charge is -2.36. The van der Waals surface area contributed by atoms with Crippen molar-refractivity contribution in [3.63, 3.8) is 0 Å². The van der Waals surface area contributed by atoms with Crippen molar-refractivity contribution in [1.29, 1.82) is 0 Å². The SMILES string of the molecule is O=C(OCC(Cl)(Cl)Cl)N1[C@@H]2CC[C@H]1C[C@@H](O)C2. The molecule has 4 nitrogen and oxygen atoms in total. The number of alkyl halides is 3. The Bertz CT molecular complexity index is 294. The van der Waals surface area contributed by atoms with E-state index in [1.165, 1.54) is 0 Å². The normalized spacial score (nSPS) is 32.7. The summed E-state index contributed by atoms with van der Waals surface area (Å²) in [6.45, 7) is -0.255. The summed E-state index contributed by atoms with van der Waals surface area (Å²) in [6.07, 6.45) is 2.27. The van der Waals surface area contributed by atoms with Crippen LogP contribution in [0.1, 0.15) is 25.7 Å². The molecule has 0 saturated carbocycles. The molecule has 2 saturated heterocycles. The Kier molecular flexibility index (Phi) is 3.98. The summed E-state index contributed by atoms with van der Waals surface area (Å²) in [6, 6.07) is 0.123. The fourth-order valence-electron chi connectivity index (χ4n) is 2.66. The van der Waals surface area contributed by atoms with E-state index in [1.54, 1.807) is 4.90 Å². The van der Waals surface area contributed by atoms with Crippen LogP contribution < -0.4 is 0 Å². The first-order valence-electron chi connectivity index (χ1n) is 5.57. The van der Waals surface area contributed by atoms with Gasteiger partial charge < -0.3 is 14.7 Å². The highest BCUT2D eigenvalue weighted by atomic mass is 35.6. The Morgan fingerprint density at radius 2 is 1.82 bits per heavy atom. The van der Waals surface area contributed by atoms with Crippen molar-refractivity contribution in [1.82, 2.24) is 4.90 Å². The Morgan fingerprint density at radius 3 is 2.29 bits per heavy atom. The largest absolute Gasteiger partial charge is 0.445 e. The van der Waals surface area contributed by atoms with E-state index < -0.39 is 9.89 Å². The summed E-state index contributed by atoms with van der Waals surface area (Å²) in [5.74, 6) is 0. The second kappa shape index (κ2) is 5.00. The van der Waals surface area contributed by atoms with Gasteiger partial charge in [0.25, 0.3) is 0 Å². The molecule has 0 spiro atoms. The zero-order valence-electron chi connectivity index (χ0n) is 9.11. The number of ether oxygens (including phenoxy) is 1. The summed E-state index contributed by atoms with van der Waals surface area (Å²) in [4.78, 5) is 13.5. The summed E-state index contributed by atoms with van der Waals surface area (Å²) < 4.78 is 3.39. The molecule has 3 atom stereocenters. The first-order chi connectivity index (χ1) is 7.87. The lowest BCUT2D eigenvalue weighted by Crippen LogP contribution is -2.48. The molecule has 98 valence electrons. The first-order valence-corrected chi connectivity index (χ1v) is 6.70. The van der Waals surface area contributed by atoms with E-state index in [0.29, 0.717) is 12.8 Å². The van der Waals surface area contributed by atoms with Gasteiger partial charge in [-0.1, -0.05) is 34.8 Å². The number of hydrogen-bond donors (Lipinski definition) is 1. The number of hydrogen-bond acceptors (Lipinski definition) is 3. The molecule has 2 fully saturated rings. The van der Waals surface area contributed by atoms with E-state index in [-0.39, 0.29) is 24.8 Å². The second-order valence-electron chi connectivity index (χ2n) is 4.59. The summed E-state index contributed by atoms with van der Waals surface area (Å²) >= 11 is 16.6. The van der Waals surface area contributed by atoms with Crippen LogP contribution in [-0.2, 0) is 4.74 Å². The molecular formula is C10H14Cl3NO3. The molecule has 0 aliphatic carbocycles. The quantitative estimate of drug-likeness (QED) is 0.757. The highest BCUT2D eigenvalue weighted by Crippen LogP contribution is 2.36. The van der Waals surface area contributed by atoms with E-state index in [2.05, 4.69) is 0 Å². The molecular weight excluding hydrogens is 288 g/mol. The minimum absolute atomic E-state index is 0.0617. The number of fused-ring (bicyclic) bond motifs is 2. The highest BCUT2D eigenvalue weighted by Gasteiger charge is 2.44. The monoisotopic (exact) mass is 301 g/mol. The van der Waals surface area contributed by atoms with Crippen molar-refractivity contribution in [2.45, 2.75) is 47.7 Å². The van der Waals surface area contributed by atoms with Crippen LogP contribution in [0.5, 0.6) is 0 Å². The van der Waals surface area contributed by atoms with Gasteiger partial charge in [-0.15, -0.1) is 0 Å². The fraction of sp³-hybridized carbons (Fsp3) is 0.900. The minimum atomic E-state index is -1.58. The van der Waals surface area contributed by atoms with E-state index in [1.807, 2.05) is 0 Å². The zero-order chi connectivity index (χ0) is 12.6. The predicted molar refractivity (Wildman–Crippen MR) is 65.5 cm³/mol. The van der Waals surface area contributed by atoms with Gasteiger partial charge in [-0.3, -0.25) is 0 Å². The van der Waals surface area contributed by atoms with Crippen LogP contribution in [-0.4, -0.2) is 44.7 Å². The van der Waals surface area contributed by atoms with Crippen LogP contribution in [0.4, 0.5) is 4.79 Å². The maximum absolute atomic E-state index is 11.9. The number of carbonyl (C=O) groups is 1. The third-order valence-corrected chi connectivity index (χ3v) is 3.61. The van der Waals surface area contributed by atoms with Crippen LogP contribution in [0, 0.1) is 0 Å². The second-order valence-corrected chi connectivity index (χ2v) is 7.10. The molecule has 7 heteroatoms. The Morgan fingerprint density at radius 1 is 1.29 bits per heavy atom. The maximum Gasteiger partial charge on any atom is 0.410 e. The smallest absolute Gasteiger partial charge is 0.410 e. The molecule has 2 aliphatic heterocycles. The van der Waals surface area contributed by atoms with Crippen LogP contribution in [0.2, 0.25) is 0 Å². The number of carbonyl (C=O) groups excluding carboxylic acids is 1. The van der Waals surface area contributed by atoms with Crippen molar-refractivity contribution in [2.24, 2.45) is 0 Å². The molecule has 0 aromatic carbocycles. The van der Waals surface area contributed by atoms with E-state index in [4.69, 9.17) is 39.5 Å². The van der Waals surface area contributed by atoms with E-state index >= 15 is 0 Å². The molecule has 0 aromatic rings. The topological polar surface area (TPSA) is 49.8 Å². The Hall–Kier alpha value is 0.1000. The number of rotatable bonds is 1. The standard InChI is InChI=1S/C10H14Cl3NO3/c11-10(12,13)5-17-9(16)14-6-1-2-7(14)4-8(15)3-6/h6-8,15H,1-5H2/t6-,7+,8+. The first kappa shape index (κ1) is 13.5. The van der Waals surface area contributed by atoms with Crippen LogP contribution >= 0.6 is 34.8 Å². The van der Waals surface area contributed by atoms with E-state index in [0.717, 1.165) is 12.8 Å². The number of amides is 1. The van der Waals surface area contributed by atoms with Crippen LogP contribution in [0.3, 0.4) is 0 Å². The third kappa shape index (κ3) is 3.31. The van der Waals surface area contributed by atoms with Gasteiger partial charge in [-0.2, -0.15) is 0 Å². The van der Waals surface area contributed by atoms with Gasteiger partial charge in [-0.25, -0.2) is 4.79 Å². The molecule has 2 rings (SSSR count). The highest BCUT2D eigenvalue weighted by molar-refractivity contribution is 6.67.